The number of hydrogen-bond donors (Lipinski definition) is 0. The summed E-state index contributed by atoms with van der Waals surface area (Å²) in [6, 6.07) is 17.2. The van der Waals surface area contributed by atoms with Gasteiger partial charge in [-0.25, -0.2) is 9.96 Å². The van der Waals surface area contributed by atoms with E-state index in [2.05, 4.69) is 13.8 Å². The number of imide groups is 1. The summed E-state index contributed by atoms with van der Waals surface area (Å²) >= 11 is 0. The minimum Gasteiger partial charge on any atom is -0.273 e. The molecular weight excluding hydrogens is 340 g/mol. The van der Waals surface area contributed by atoms with E-state index in [1.807, 2.05) is 54.6 Å². The number of hydroxylamine groups is 1. The third kappa shape index (κ3) is 2.92. The third-order valence-electron chi connectivity index (χ3n) is 5.44. The van der Waals surface area contributed by atoms with Gasteiger partial charge in [-0.2, -0.15) is 0 Å². The molecule has 140 valence electrons. The first-order valence-electron chi connectivity index (χ1n) is 9.63. The van der Waals surface area contributed by atoms with E-state index in [9.17, 15) is 9.59 Å². The molecule has 2 aromatic carbocycles. The van der Waals surface area contributed by atoms with Crippen molar-refractivity contribution in [2.45, 2.75) is 45.3 Å². The van der Waals surface area contributed by atoms with Crippen molar-refractivity contribution in [3.05, 3.63) is 60.2 Å². The molecule has 5 heteroatoms. The van der Waals surface area contributed by atoms with Gasteiger partial charge in [0.05, 0.1) is 23.3 Å². The van der Waals surface area contributed by atoms with E-state index in [0.29, 0.717) is 5.69 Å². The zero-order valence-electron chi connectivity index (χ0n) is 15.7. The largest absolute Gasteiger partial charge is 0.273 e. The molecule has 3 unspecified atom stereocenters. The Morgan fingerprint density at radius 1 is 0.889 bits per heavy atom. The molecule has 0 N–H and O–H groups in total. The van der Waals surface area contributed by atoms with Gasteiger partial charge in [0.15, 0.2) is 6.10 Å². The summed E-state index contributed by atoms with van der Waals surface area (Å²) in [7, 11) is 0. The molecule has 0 radical (unpaired) electrons. The van der Waals surface area contributed by atoms with Crippen LogP contribution >= 0.6 is 0 Å². The highest BCUT2D eigenvalue weighted by Gasteiger charge is 2.59. The zero-order chi connectivity index (χ0) is 19.0. The van der Waals surface area contributed by atoms with Gasteiger partial charge in [0.25, 0.3) is 5.91 Å². The molecule has 2 saturated heterocycles. The maximum absolute atomic E-state index is 13.2. The van der Waals surface area contributed by atoms with Crippen molar-refractivity contribution in [2.75, 3.05) is 9.96 Å². The standard InChI is InChI=1S/C22H24N2O3/c1-3-8-18-19-20(27-24(18)17-9-6-5-7-10-17)22(26)23(21(19)25)16-13-11-15(4-2)12-14-16/h5-7,9-14,18-20H,3-4,8H2,1-2H3. The SMILES string of the molecule is CCCC1C2C(=O)N(c3ccc(CC)cc3)C(=O)C2ON1c1ccccc1. The first-order chi connectivity index (χ1) is 13.2. The van der Waals surface area contributed by atoms with Gasteiger partial charge in [0.2, 0.25) is 5.91 Å². The summed E-state index contributed by atoms with van der Waals surface area (Å²) in [6.45, 7) is 4.16. The predicted molar refractivity (Wildman–Crippen MR) is 104 cm³/mol. The number of carbonyl (C=O) groups excluding carboxylic acids is 2. The Kier molecular flexibility index (Phi) is 4.70. The van der Waals surface area contributed by atoms with Crippen LogP contribution in [0.25, 0.3) is 0 Å². The molecule has 0 saturated carbocycles. The van der Waals surface area contributed by atoms with E-state index < -0.39 is 12.0 Å². The summed E-state index contributed by atoms with van der Waals surface area (Å²) in [4.78, 5) is 33.6. The number of rotatable bonds is 5. The molecule has 2 heterocycles. The predicted octanol–water partition coefficient (Wildman–Crippen LogP) is 3.73. The van der Waals surface area contributed by atoms with Crippen molar-refractivity contribution in [2.24, 2.45) is 5.92 Å². The van der Waals surface area contributed by atoms with Crippen LogP contribution in [0.15, 0.2) is 54.6 Å². The minimum atomic E-state index is -0.750. The Morgan fingerprint density at radius 2 is 1.59 bits per heavy atom. The lowest BCUT2D eigenvalue weighted by molar-refractivity contribution is -0.126. The topological polar surface area (TPSA) is 49.9 Å². The van der Waals surface area contributed by atoms with Crippen molar-refractivity contribution in [3.63, 3.8) is 0 Å². The highest BCUT2D eigenvalue weighted by atomic mass is 16.7. The molecule has 0 aromatic heterocycles. The van der Waals surface area contributed by atoms with Gasteiger partial charge < -0.3 is 0 Å². The van der Waals surface area contributed by atoms with Gasteiger partial charge in [-0.15, -0.1) is 0 Å². The molecule has 2 aromatic rings. The van der Waals surface area contributed by atoms with Crippen LogP contribution in [0.1, 0.15) is 32.3 Å². The molecule has 0 aliphatic carbocycles. The average Bonchev–Trinajstić information content (AvgIpc) is 3.19. The lowest BCUT2D eigenvalue weighted by Crippen LogP contribution is -2.40. The highest BCUT2D eigenvalue weighted by molar-refractivity contribution is 6.23. The van der Waals surface area contributed by atoms with E-state index in [1.54, 1.807) is 5.06 Å². The fourth-order valence-corrected chi connectivity index (χ4v) is 4.05. The van der Waals surface area contributed by atoms with Gasteiger partial charge in [-0.05, 0) is 42.7 Å². The number of para-hydroxylation sites is 1. The first kappa shape index (κ1) is 17.7. The van der Waals surface area contributed by atoms with Crippen molar-refractivity contribution in [1.82, 2.24) is 0 Å². The van der Waals surface area contributed by atoms with Crippen molar-refractivity contribution in [1.29, 1.82) is 0 Å². The van der Waals surface area contributed by atoms with Gasteiger partial charge >= 0.3 is 0 Å². The summed E-state index contributed by atoms with van der Waals surface area (Å²) in [5.41, 5.74) is 2.68. The summed E-state index contributed by atoms with van der Waals surface area (Å²) in [6.07, 6.45) is 1.87. The second-order valence-electron chi connectivity index (χ2n) is 7.10. The van der Waals surface area contributed by atoms with Gasteiger partial charge in [-0.1, -0.05) is 50.6 Å². The van der Waals surface area contributed by atoms with Crippen molar-refractivity contribution in [3.8, 4) is 0 Å². The van der Waals surface area contributed by atoms with Crippen LogP contribution in [-0.2, 0) is 20.8 Å². The molecule has 3 atom stereocenters. The third-order valence-corrected chi connectivity index (χ3v) is 5.44. The molecule has 0 spiro atoms. The smallest absolute Gasteiger partial charge is 0.266 e. The Labute approximate surface area is 159 Å². The number of carbonyl (C=O) groups is 2. The maximum Gasteiger partial charge on any atom is 0.266 e. The molecule has 2 aliphatic rings. The Morgan fingerprint density at radius 3 is 2.22 bits per heavy atom. The van der Waals surface area contributed by atoms with E-state index in [4.69, 9.17) is 4.84 Å². The lowest BCUT2D eigenvalue weighted by atomic mass is 9.93. The molecule has 2 amide bonds. The molecule has 2 aliphatic heterocycles. The van der Waals surface area contributed by atoms with Crippen LogP contribution in [0.3, 0.4) is 0 Å². The average molecular weight is 364 g/mol. The molecule has 4 rings (SSSR count). The molecular formula is C22H24N2O3. The molecule has 2 fully saturated rings. The second kappa shape index (κ2) is 7.16. The number of amides is 2. The zero-order valence-corrected chi connectivity index (χ0v) is 15.7. The van der Waals surface area contributed by atoms with Crippen molar-refractivity contribution >= 4 is 23.2 Å². The molecule has 0 bridgehead atoms. The Hall–Kier alpha value is -2.66. The summed E-state index contributed by atoms with van der Waals surface area (Å²) in [5.74, 6) is -0.900. The first-order valence-corrected chi connectivity index (χ1v) is 9.63. The monoisotopic (exact) mass is 364 g/mol. The van der Waals surface area contributed by atoms with Crippen LogP contribution in [0, 0.1) is 5.92 Å². The van der Waals surface area contributed by atoms with Crippen LogP contribution in [0.5, 0.6) is 0 Å². The van der Waals surface area contributed by atoms with Crippen LogP contribution in [-0.4, -0.2) is 24.0 Å². The number of fused-ring (bicyclic) bond motifs is 1. The van der Waals surface area contributed by atoms with Gasteiger partial charge in [0, 0.05) is 0 Å². The quantitative estimate of drug-likeness (QED) is 0.759. The number of benzene rings is 2. The molecule has 5 nitrogen and oxygen atoms in total. The highest BCUT2D eigenvalue weighted by Crippen LogP contribution is 2.41. The fourth-order valence-electron chi connectivity index (χ4n) is 4.05. The maximum atomic E-state index is 13.2. The lowest BCUT2D eigenvalue weighted by Gasteiger charge is -2.28. The Balaban J connectivity index is 1.65. The van der Waals surface area contributed by atoms with E-state index in [-0.39, 0.29) is 17.9 Å². The summed E-state index contributed by atoms with van der Waals surface area (Å²) < 4.78 is 0. The van der Waals surface area contributed by atoms with E-state index in [0.717, 1.165) is 24.9 Å². The Bertz CT molecular complexity index is 834. The normalized spacial score (nSPS) is 24.6. The summed E-state index contributed by atoms with van der Waals surface area (Å²) in [5, 5.41) is 1.77. The fraction of sp³-hybridized carbons (Fsp3) is 0.364. The molecule has 27 heavy (non-hydrogen) atoms. The van der Waals surface area contributed by atoms with Gasteiger partial charge in [-0.3, -0.25) is 14.4 Å². The second-order valence-corrected chi connectivity index (χ2v) is 7.10. The van der Waals surface area contributed by atoms with Crippen LogP contribution in [0.2, 0.25) is 0 Å². The number of anilines is 2. The minimum absolute atomic E-state index is 0.140. The van der Waals surface area contributed by atoms with Crippen LogP contribution < -0.4 is 9.96 Å². The number of hydrogen-bond acceptors (Lipinski definition) is 4. The number of aryl methyl sites for hydroxylation is 1. The van der Waals surface area contributed by atoms with E-state index >= 15 is 0 Å². The van der Waals surface area contributed by atoms with Gasteiger partial charge in [0.1, 0.15) is 0 Å². The van der Waals surface area contributed by atoms with Crippen molar-refractivity contribution < 1.29 is 14.4 Å². The van der Waals surface area contributed by atoms with Crippen LogP contribution in [0.4, 0.5) is 11.4 Å². The number of nitrogens with zero attached hydrogens (tertiary/aromatic N) is 2. The van der Waals surface area contributed by atoms with E-state index in [1.165, 1.54) is 10.5 Å².